The van der Waals surface area contributed by atoms with Gasteiger partial charge in [0.25, 0.3) is 11.8 Å². The first kappa shape index (κ1) is 19.5. The number of rotatable bonds is 6. The average Bonchev–Trinajstić information content (AvgIpc) is 2.74. The van der Waals surface area contributed by atoms with Gasteiger partial charge in [-0.2, -0.15) is 0 Å². The zero-order valence-electron chi connectivity index (χ0n) is 15.3. The van der Waals surface area contributed by atoms with Crippen molar-refractivity contribution in [3.8, 4) is 5.75 Å². The summed E-state index contributed by atoms with van der Waals surface area (Å²) >= 11 is 0. The van der Waals surface area contributed by atoms with Crippen molar-refractivity contribution in [1.82, 2.24) is 4.98 Å². The van der Waals surface area contributed by atoms with Crippen LogP contribution in [0, 0.1) is 10.1 Å². The van der Waals surface area contributed by atoms with Crippen molar-refractivity contribution in [3.63, 3.8) is 0 Å². The van der Waals surface area contributed by atoms with Crippen molar-refractivity contribution in [2.24, 2.45) is 0 Å². The molecule has 3 rings (SSSR count). The van der Waals surface area contributed by atoms with Crippen LogP contribution < -0.4 is 15.4 Å². The molecule has 2 N–H and O–H groups in total. The number of para-hydroxylation sites is 1. The van der Waals surface area contributed by atoms with Gasteiger partial charge in [0.05, 0.1) is 23.3 Å². The van der Waals surface area contributed by atoms with Crippen LogP contribution in [0.1, 0.15) is 20.7 Å². The van der Waals surface area contributed by atoms with Gasteiger partial charge >= 0.3 is 5.69 Å². The largest absolute Gasteiger partial charge is 0.490 e. The van der Waals surface area contributed by atoms with Crippen molar-refractivity contribution in [1.29, 1.82) is 0 Å². The highest BCUT2D eigenvalue weighted by molar-refractivity contribution is 6.12. The van der Waals surface area contributed by atoms with E-state index in [2.05, 4.69) is 15.6 Å². The maximum Gasteiger partial charge on any atom is 0.311 e. The van der Waals surface area contributed by atoms with Crippen molar-refractivity contribution < 1.29 is 19.2 Å². The predicted molar refractivity (Wildman–Crippen MR) is 106 cm³/mol. The number of hydrogen-bond donors (Lipinski definition) is 2. The minimum atomic E-state index is -0.635. The Labute approximate surface area is 165 Å². The van der Waals surface area contributed by atoms with Crippen molar-refractivity contribution in [2.75, 3.05) is 17.7 Å². The summed E-state index contributed by atoms with van der Waals surface area (Å²) in [4.78, 5) is 39.7. The van der Waals surface area contributed by atoms with E-state index in [9.17, 15) is 19.7 Å². The highest BCUT2D eigenvalue weighted by Crippen LogP contribution is 2.28. The molecule has 9 nitrogen and oxygen atoms in total. The fourth-order valence-electron chi connectivity index (χ4n) is 2.58. The highest BCUT2D eigenvalue weighted by Gasteiger charge is 2.20. The third-order valence-electron chi connectivity index (χ3n) is 3.96. The second-order valence-corrected chi connectivity index (χ2v) is 5.81. The monoisotopic (exact) mass is 392 g/mol. The van der Waals surface area contributed by atoms with Crippen LogP contribution in [0.5, 0.6) is 5.75 Å². The normalized spacial score (nSPS) is 10.1. The molecule has 0 saturated heterocycles. The number of pyridine rings is 1. The van der Waals surface area contributed by atoms with E-state index >= 15 is 0 Å². The maximum atomic E-state index is 12.6. The number of anilines is 2. The summed E-state index contributed by atoms with van der Waals surface area (Å²) in [6.45, 7) is 0. The van der Waals surface area contributed by atoms with Crippen LogP contribution in [-0.4, -0.2) is 28.8 Å². The molecule has 2 aromatic carbocycles. The molecule has 0 unspecified atom stereocenters. The molecule has 0 atom stereocenters. The fourth-order valence-corrected chi connectivity index (χ4v) is 2.58. The molecule has 0 bridgehead atoms. The number of nitrogens with zero attached hydrogens (tertiary/aromatic N) is 2. The number of amides is 2. The van der Waals surface area contributed by atoms with Gasteiger partial charge in [0.2, 0.25) is 0 Å². The lowest BCUT2D eigenvalue weighted by molar-refractivity contribution is -0.385. The lowest BCUT2D eigenvalue weighted by Crippen LogP contribution is -2.18. The molecule has 3 aromatic rings. The number of ether oxygens (including phenoxy) is 1. The van der Waals surface area contributed by atoms with E-state index in [0.29, 0.717) is 5.82 Å². The number of benzene rings is 2. The Kier molecular flexibility index (Phi) is 5.79. The second-order valence-electron chi connectivity index (χ2n) is 5.81. The molecule has 0 aliphatic rings. The van der Waals surface area contributed by atoms with E-state index in [1.165, 1.54) is 19.2 Å². The van der Waals surface area contributed by atoms with E-state index in [0.717, 1.165) is 6.07 Å². The molecular weight excluding hydrogens is 376 g/mol. The average molecular weight is 392 g/mol. The lowest BCUT2D eigenvalue weighted by atomic mass is 10.1. The number of carbonyl (C=O) groups is 2. The number of carbonyl (C=O) groups excluding carboxylic acids is 2. The SMILES string of the molecule is COc1ccc(C(=O)Nc2ccccc2C(=O)Nc2ccccn2)cc1[N+](=O)[O-]. The maximum absolute atomic E-state index is 12.6. The van der Waals surface area contributed by atoms with Crippen LogP contribution >= 0.6 is 0 Å². The molecule has 0 aliphatic heterocycles. The Hall–Kier alpha value is -4.27. The van der Waals surface area contributed by atoms with E-state index < -0.39 is 16.7 Å². The smallest absolute Gasteiger partial charge is 0.311 e. The Morgan fingerprint density at radius 3 is 2.45 bits per heavy atom. The van der Waals surface area contributed by atoms with Gasteiger partial charge in [0.15, 0.2) is 5.75 Å². The zero-order valence-corrected chi connectivity index (χ0v) is 15.3. The molecule has 1 heterocycles. The summed E-state index contributed by atoms with van der Waals surface area (Å²) in [6, 6.07) is 15.4. The molecule has 0 spiro atoms. The van der Waals surface area contributed by atoms with E-state index in [1.54, 1.807) is 48.7 Å². The molecule has 146 valence electrons. The minimum Gasteiger partial charge on any atom is -0.490 e. The standard InChI is InChI=1S/C20H16N4O5/c1-29-17-10-9-13(12-16(17)24(27)28)19(25)22-15-7-3-2-6-14(15)20(26)23-18-8-4-5-11-21-18/h2-12H,1H3,(H,22,25)(H,21,23,26). The Morgan fingerprint density at radius 2 is 1.76 bits per heavy atom. The van der Waals surface area contributed by atoms with Gasteiger partial charge in [-0.3, -0.25) is 19.7 Å². The summed E-state index contributed by atoms with van der Waals surface area (Å²) in [7, 11) is 1.30. The van der Waals surface area contributed by atoms with E-state index in [-0.39, 0.29) is 28.3 Å². The first-order valence-corrected chi connectivity index (χ1v) is 8.45. The van der Waals surface area contributed by atoms with Crippen LogP contribution in [0.3, 0.4) is 0 Å². The second kappa shape index (κ2) is 8.61. The van der Waals surface area contributed by atoms with Crippen molar-refractivity contribution in [3.05, 3.63) is 88.1 Å². The summed E-state index contributed by atoms with van der Waals surface area (Å²) in [5, 5.41) is 16.4. The number of nitrogens with one attached hydrogen (secondary N) is 2. The summed E-state index contributed by atoms with van der Waals surface area (Å²) in [6.07, 6.45) is 1.54. The van der Waals surface area contributed by atoms with Gasteiger partial charge in [-0.15, -0.1) is 0 Å². The Balaban J connectivity index is 1.84. The van der Waals surface area contributed by atoms with E-state index in [1.807, 2.05) is 0 Å². The molecule has 0 saturated carbocycles. The number of methoxy groups -OCH3 is 1. The molecule has 0 radical (unpaired) electrons. The lowest BCUT2D eigenvalue weighted by Gasteiger charge is -2.11. The van der Waals surface area contributed by atoms with Crippen LogP contribution in [0.2, 0.25) is 0 Å². The first-order valence-electron chi connectivity index (χ1n) is 8.45. The van der Waals surface area contributed by atoms with E-state index in [4.69, 9.17) is 4.74 Å². The van der Waals surface area contributed by atoms with Crippen LogP contribution in [-0.2, 0) is 0 Å². The van der Waals surface area contributed by atoms with Gasteiger partial charge in [0.1, 0.15) is 5.82 Å². The Morgan fingerprint density at radius 1 is 1.00 bits per heavy atom. The quantitative estimate of drug-likeness (QED) is 0.489. The third-order valence-corrected chi connectivity index (χ3v) is 3.96. The molecule has 2 amide bonds. The van der Waals surface area contributed by atoms with Crippen LogP contribution in [0.4, 0.5) is 17.2 Å². The Bertz CT molecular complexity index is 1070. The van der Waals surface area contributed by atoms with Gasteiger partial charge in [-0.25, -0.2) is 4.98 Å². The van der Waals surface area contributed by atoms with Gasteiger partial charge in [0, 0.05) is 17.8 Å². The van der Waals surface area contributed by atoms with Crippen molar-refractivity contribution >= 4 is 29.0 Å². The molecule has 1 aromatic heterocycles. The molecular formula is C20H16N4O5. The summed E-state index contributed by atoms with van der Waals surface area (Å²) in [5.74, 6) is -0.653. The molecule has 0 aliphatic carbocycles. The van der Waals surface area contributed by atoms with Crippen LogP contribution in [0.25, 0.3) is 0 Å². The van der Waals surface area contributed by atoms with Gasteiger partial charge in [-0.05, 0) is 36.4 Å². The summed E-state index contributed by atoms with van der Waals surface area (Å²) in [5.41, 5.74) is 0.192. The number of aromatic nitrogens is 1. The van der Waals surface area contributed by atoms with Gasteiger partial charge < -0.3 is 15.4 Å². The highest BCUT2D eigenvalue weighted by atomic mass is 16.6. The molecule has 29 heavy (non-hydrogen) atoms. The molecule has 9 heteroatoms. The number of nitro groups is 1. The topological polar surface area (TPSA) is 123 Å². The van der Waals surface area contributed by atoms with Gasteiger partial charge in [-0.1, -0.05) is 18.2 Å². The number of nitro benzene ring substituents is 1. The van der Waals surface area contributed by atoms with Crippen LogP contribution in [0.15, 0.2) is 66.9 Å². The molecule has 0 fully saturated rings. The zero-order chi connectivity index (χ0) is 20.8. The third kappa shape index (κ3) is 4.53. The summed E-state index contributed by atoms with van der Waals surface area (Å²) < 4.78 is 4.93. The van der Waals surface area contributed by atoms with Crippen molar-refractivity contribution in [2.45, 2.75) is 0 Å². The minimum absolute atomic E-state index is 0.0432. The number of hydrogen-bond acceptors (Lipinski definition) is 6. The first-order chi connectivity index (χ1) is 14.0. The fraction of sp³-hybridized carbons (Fsp3) is 0.0500. The predicted octanol–water partition coefficient (Wildman–Crippen LogP) is 3.50.